The van der Waals surface area contributed by atoms with Crippen LogP contribution >= 0.6 is 34.8 Å². The average Bonchev–Trinajstić information content (AvgIpc) is 4.19. The van der Waals surface area contributed by atoms with Crippen molar-refractivity contribution < 1.29 is 39.5 Å². The molecule has 9 rings (SSSR count). The van der Waals surface area contributed by atoms with Crippen molar-refractivity contribution in [3.8, 4) is 34.2 Å². The number of nitrogens with zero attached hydrogens (tertiary/aromatic N) is 17. The van der Waals surface area contributed by atoms with Crippen molar-refractivity contribution in [2.24, 2.45) is 14.1 Å². The van der Waals surface area contributed by atoms with Gasteiger partial charge in [0, 0.05) is 63.5 Å². The first-order valence-corrected chi connectivity index (χ1v) is 22.4. The van der Waals surface area contributed by atoms with Crippen LogP contribution in [0.4, 0.5) is 91.9 Å². The van der Waals surface area contributed by atoms with Crippen molar-refractivity contribution >= 4 is 87.2 Å². The summed E-state index contributed by atoms with van der Waals surface area (Å²) in [4.78, 5) is 23.9. The van der Waals surface area contributed by atoms with Crippen LogP contribution in [0.2, 0.25) is 15.1 Å². The largest absolute Gasteiger partial charge is 0.421 e. The van der Waals surface area contributed by atoms with E-state index in [9.17, 15) is 39.5 Å². The minimum Gasteiger partial charge on any atom is -0.372 e. The number of benzene rings is 3. The first kappa shape index (κ1) is 55.9. The van der Waals surface area contributed by atoms with Crippen LogP contribution < -0.4 is 31.9 Å². The summed E-state index contributed by atoms with van der Waals surface area (Å²) in [6, 6.07) is 14.7. The molecular weight excluding hydrogens is 1110 g/mol. The summed E-state index contributed by atoms with van der Waals surface area (Å²) < 4.78 is 117. The zero-order valence-corrected chi connectivity index (χ0v) is 41.8. The Morgan fingerprint density at radius 1 is 0.506 bits per heavy atom. The van der Waals surface area contributed by atoms with Crippen LogP contribution in [0.1, 0.15) is 16.7 Å². The maximum atomic E-state index is 12.9. The van der Waals surface area contributed by atoms with E-state index < -0.39 is 35.2 Å². The highest BCUT2D eigenvalue weighted by atomic mass is 35.5. The highest BCUT2D eigenvalue weighted by Gasteiger charge is 2.37. The molecule has 0 fully saturated rings. The lowest BCUT2D eigenvalue weighted by molar-refractivity contribution is -0.138. The molecule has 7 N–H and O–H groups in total. The average molecular weight is 1140 g/mol. The quantitative estimate of drug-likeness (QED) is 0.0561. The number of halogens is 12. The normalized spacial score (nSPS) is 11.4. The molecule has 0 radical (unpaired) electrons. The molecule has 0 unspecified atom stereocenters. The molecule has 24 nitrogen and oxygen atoms in total. The molecule has 0 saturated carbocycles. The topological polar surface area (TPSA) is 291 Å². The fourth-order valence-corrected chi connectivity index (χ4v) is 6.99. The van der Waals surface area contributed by atoms with E-state index in [4.69, 9.17) is 34.8 Å². The molecule has 6 heterocycles. The summed E-state index contributed by atoms with van der Waals surface area (Å²) in [5, 5.41) is 52.7. The van der Waals surface area contributed by atoms with Gasteiger partial charge in [-0.25, -0.2) is 19.6 Å². The fourth-order valence-electron chi connectivity index (χ4n) is 6.31. The van der Waals surface area contributed by atoms with Crippen LogP contribution in [0, 0.1) is 0 Å². The molecular formula is C41H34Cl3F9N24. The van der Waals surface area contributed by atoms with E-state index in [1.165, 1.54) is 30.6 Å². The Balaban J connectivity index is 0.000000168. The Kier molecular flexibility index (Phi) is 17.0. The third-order valence-electron chi connectivity index (χ3n) is 9.89. The van der Waals surface area contributed by atoms with Gasteiger partial charge in [-0.05, 0) is 75.5 Å². The van der Waals surface area contributed by atoms with Gasteiger partial charge in [-0.15, -0.1) is 25.5 Å². The zero-order chi connectivity index (χ0) is 55.8. The van der Waals surface area contributed by atoms with Gasteiger partial charge in [0.1, 0.15) is 34.1 Å². The third-order valence-corrected chi connectivity index (χ3v) is 10.8. The molecule has 9 aromatic rings. The minimum atomic E-state index is -4.56. The fraction of sp³-hybridized carbons (Fsp3) is 0.195. The lowest BCUT2D eigenvalue weighted by atomic mass is 10.2. The SMILES string of the molecule is CNc1nc(Nc2ccc(-c3nn[nH]n3)cc2Cl)ncc1C(F)(F)F.CNc1nc(Nc2ccc(-c3nnn(C)n3)cc2Cl)ncc1C(F)(F)F.CNc1nc(Nc2ccc(-c3nnnn3C)cc2Cl)ncc1C(F)(F)F. The number of anilines is 9. The Morgan fingerprint density at radius 2 is 0.909 bits per heavy atom. The maximum absolute atomic E-state index is 12.9. The lowest BCUT2D eigenvalue weighted by Crippen LogP contribution is -2.12. The number of H-pyrrole nitrogens is 1. The van der Waals surface area contributed by atoms with Crippen LogP contribution in [0.25, 0.3) is 34.2 Å². The van der Waals surface area contributed by atoms with Gasteiger partial charge in [0.15, 0.2) is 5.82 Å². The molecule has 0 aliphatic carbocycles. The van der Waals surface area contributed by atoms with Crippen molar-refractivity contribution in [2.75, 3.05) is 53.0 Å². The maximum Gasteiger partial charge on any atom is 0.421 e. The van der Waals surface area contributed by atoms with E-state index in [0.29, 0.717) is 79.9 Å². The number of hydrogen-bond acceptors (Lipinski definition) is 21. The van der Waals surface area contributed by atoms with E-state index in [0.717, 1.165) is 0 Å². The highest BCUT2D eigenvalue weighted by Crippen LogP contribution is 2.38. The number of hydrogen-bond donors (Lipinski definition) is 7. The number of aromatic nitrogens is 18. The van der Waals surface area contributed by atoms with Crippen LogP contribution in [0.15, 0.2) is 73.2 Å². The van der Waals surface area contributed by atoms with Crippen molar-refractivity contribution in [2.45, 2.75) is 18.5 Å². The van der Waals surface area contributed by atoms with Gasteiger partial charge < -0.3 is 31.9 Å². The summed E-state index contributed by atoms with van der Waals surface area (Å²) in [7, 11) is 7.35. The van der Waals surface area contributed by atoms with Gasteiger partial charge in [-0.3, -0.25) is 0 Å². The van der Waals surface area contributed by atoms with Crippen LogP contribution in [-0.4, -0.2) is 112 Å². The molecule has 0 amide bonds. The van der Waals surface area contributed by atoms with E-state index >= 15 is 0 Å². The Morgan fingerprint density at radius 3 is 1.23 bits per heavy atom. The molecule has 0 atom stereocenters. The molecule has 0 bridgehead atoms. The predicted molar refractivity (Wildman–Crippen MR) is 263 cm³/mol. The van der Waals surface area contributed by atoms with E-state index in [1.54, 1.807) is 68.7 Å². The smallest absolute Gasteiger partial charge is 0.372 e. The summed E-state index contributed by atoms with van der Waals surface area (Å²) in [5.74, 6) is 0.144. The van der Waals surface area contributed by atoms with Crippen LogP contribution in [0.3, 0.4) is 0 Å². The van der Waals surface area contributed by atoms with Crippen molar-refractivity contribution in [1.82, 2.24) is 90.9 Å². The van der Waals surface area contributed by atoms with Gasteiger partial charge in [0.25, 0.3) is 0 Å². The van der Waals surface area contributed by atoms with Gasteiger partial charge in [-0.1, -0.05) is 34.8 Å². The molecule has 6 aromatic heterocycles. The molecule has 0 aliphatic rings. The number of nitrogens with one attached hydrogen (secondary N) is 7. The molecule has 0 aliphatic heterocycles. The number of rotatable bonds is 12. The molecule has 0 saturated heterocycles. The van der Waals surface area contributed by atoms with Gasteiger partial charge >= 0.3 is 18.5 Å². The number of tetrazole rings is 3. The number of aryl methyl sites for hydroxylation is 2. The van der Waals surface area contributed by atoms with Crippen LogP contribution in [0.5, 0.6) is 0 Å². The summed E-state index contributed by atoms with van der Waals surface area (Å²) >= 11 is 18.6. The first-order valence-electron chi connectivity index (χ1n) is 21.2. The highest BCUT2D eigenvalue weighted by molar-refractivity contribution is 6.34. The molecule has 402 valence electrons. The van der Waals surface area contributed by atoms with Gasteiger partial charge in [0.2, 0.25) is 29.5 Å². The van der Waals surface area contributed by atoms with Gasteiger partial charge in [-0.2, -0.15) is 64.5 Å². The summed E-state index contributed by atoms with van der Waals surface area (Å²) in [5.41, 5.74) is 0.314. The molecule has 3 aromatic carbocycles. The van der Waals surface area contributed by atoms with Gasteiger partial charge in [0.05, 0.1) is 39.2 Å². The molecule has 36 heteroatoms. The second-order valence-corrected chi connectivity index (χ2v) is 16.3. The Labute approximate surface area is 441 Å². The number of aromatic amines is 1. The zero-order valence-electron chi connectivity index (χ0n) is 39.6. The monoisotopic (exact) mass is 1140 g/mol. The summed E-state index contributed by atoms with van der Waals surface area (Å²) in [6.45, 7) is 0. The third kappa shape index (κ3) is 13.9. The second kappa shape index (κ2) is 23.4. The van der Waals surface area contributed by atoms with E-state index in [-0.39, 0.29) is 40.3 Å². The van der Waals surface area contributed by atoms with E-state index in [2.05, 4.69) is 113 Å². The lowest BCUT2D eigenvalue weighted by Gasteiger charge is -2.13. The number of alkyl halides is 9. The molecule has 0 spiro atoms. The van der Waals surface area contributed by atoms with Crippen molar-refractivity contribution in [3.05, 3.63) is 105 Å². The Bertz CT molecular complexity index is 3480. The van der Waals surface area contributed by atoms with E-state index in [1.807, 2.05) is 0 Å². The second-order valence-electron chi connectivity index (χ2n) is 15.0. The minimum absolute atomic E-state index is 0.0303. The van der Waals surface area contributed by atoms with Crippen molar-refractivity contribution in [1.29, 1.82) is 0 Å². The standard InChI is InChI=1S/2C14H12ClF3N8.C13H10ClF3N8/c1-19-11-8(14(16,17)18)6-20-13(22-11)21-10-4-3-7(5-9(10)15)12-23-24-25-26(12)2;1-19-12-8(14(16,17)18)6-20-13(22-12)21-10-4-3-7(5-9(10)15)11-23-25-26(2)24-11;1-18-11-7(13(15,16)17)5-19-12(21-11)20-9-3-2-6(4-8(9)14)10-22-24-25-23-10/h2*3-6H,1-2H3,(H2,19,20,21,22);2-5H,1H3,(H2,18,19,20,21)(H,22,23,24,25). The van der Waals surface area contributed by atoms with Crippen molar-refractivity contribution in [3.63, 3.8) is 0 Å². The predicted octanol–water partition coefficient (Wildman–Crippen LogP) is 9.36. The summed E-state index contributed by atoms with van der Waals surface area (Å²) in [6.07, 6.45) is -11.6. The Hall–Kier alpha value is -8.85. The molecule has 77 heavy (non-hydrogen) atoms. The first-order chi connectivity index (χ1) is 36.4. The van der Waals surface area contributed by atoms with Crippen LogP contribution in [-0.2, 0) is 32.6 Å².